The maximum atomic E-state index is 12.5. The van der Waals surface area contributed by atoms with E-state index in [0.717, 1.165) is 35.9 Å². The van der Waals surface area contributed by atoms with Crippen LogP contribution >= 0.6 is 0 Å². The Balaban J connectivity index is 1.44. The summed E-state index contributed by atoms with van der Waals surface area (Å²) in [6.07, 6.45) is 5.44. The number of aromatic amines is 1. The first-order valence-electron chi connectivity index (χ1n) is 8.15. The van der Waals surface area contributed by atoms with Crippen molar-refractivity contribution in [1.82, 2.24) is 14.7 Å². The summed E-state index contributed by atoms with van der Waals surface area (Å²) in [5, 5.41) is 0. The quantitative estimate of drug-likeness (QED) is 0.749. The van der Waals surface area contributed by atoms with E-state index in [1.165, 1.54) is 11.1 Å². The SMILES string of the molecule is O=S(=O)(NCCc1ccc2nc[nH]c2c1)c1ccc2c(c1)CCC2. The molecule has 0 radical (unpaired) electrons. The minimum Gasteiger partial charge on any atom is -0.345 e. The van der Waals surface area contributed by atoms with Gasteiger partial charge in [0.25, 0.3) is 0 Å². The number of hydrogen-bond donors (Lipinski definition) is 2. The van der Waals surface area contributed by atoms with Crippen LogP contribution in [0.4, 0.5) is 0 Å². The Morgan fingerprint density at radius 1 is 1.08 bits per heavy atom. The molecule has 4 rings (SSSR count). The Bertz CT molecular complexity index is 992. The van der Waals surface area contributed by atoms with Crippen LogP contribution in [0.1, 0.15) is 23.1 Å². The van der Waals surface area contributed by atoms with Crippen LogP contribution in [0.15, 0.2) is 47.6 Å². The van der Waals surface area contributed by atoms with Crippen molar-refractivity contribution in [3.8, 4) is 0 Å². The van der Waals surface area contributed by atoms with Crippen molar-refractivity contribution in [3.63, 3.8) is 0 Å². The molecule has 0 aliphatic heterocycles. The molecule has 2 N–H and O–H groups in total. The number of nitrogens with one attached hydrogen (secondary N) is 2. The zero-order valence-corrected chi connectivity index (χ0v) is 14.1. The molecule has 124 valence electrons. The monoisotopic (exact) mass is 341 g/mol. The maximum absolute atomic E-state index is 12.5. The predicted molar refractivity (Wildman–Crippen MR) is 93.5 cm³/mol. The molecule has 1 aromatic heterocycles. The highest BCUT2D eigenvalue weighted by Gasteiger charge is 2.18. The van der Waals surface area contributed by atoms with Crippen molar-refractivity contribution >= 4 is 21.1 Å². The van der Waals surface area contributed by atoms with E-state index in [1.54, 1.807) is 12.4 Å². The number of sulfonamides is 1. The lowest BCUT2D eigenvalue weighted by molar-refractivity contribution is 0.581. The van der Waals surface area contributed by atoms with Crippen molar-refractivity contribution in [3.05, 3.63) is 59.4 Å². The Hall–Kier alpha value is -2.18. The van der Waals surface area contributed by atoms with E-state index in [1.807, 2.05) is 30.3 Å². The lowest BCUT2D eigenvalue weighted by Gasteiger charge is -2.09. The first-order chi connectivity index (χ1) is 11.6. The Kier molecular flexibility index (Phi) is 3.86. The molecule has 3 aromatic rings. The van der Waals surface area contributed by atoms with Gasteiger partial charge in [0.15, 0.2) is 0 Å². The highest BCUT2D eigenvalue weighted by molar-refractivity contribution is 7.89. The highest BCUT2D eigenvalue weighted by Crippen LogP contribution is 2.24. The van der Waals surface area contributed by atoms with Gasteiger partial charge in [0.1, 0.15) is 0 Å². The average Bonchev–Trinajstić information content (AvgIpc) is 3.22. The van der Waals surface area contributed by atoms with Gasteiger partial charge in [-0.05, 0) is 66.6 Å². The third-order valence-electron chi connectivity index (χ3n) is 4.57. The molecule has 24 heavy (non-hydrogen) atoms. The normalized spacial score (nSPS) is 14.2. The summed E-state index contributed by atoms with van der Waals surface area (Å²) in [5.74, 6) is 0. The van der Waals surface area contributed by atoms with Gasteiger partial charge in [0.2, 0.25) is 10.0 Å². The third kappa shape index (κ3) is 2.95. The number of rotatable bonds is 5. The zero-order chi connectivity index (χ0) is 16.6. The maximum Gasteiger partial charge on any atom is 0.240 e. The van der Waals surface area contributed by atoms with Gasteiger partial charge >= 0.3 is 0 Å². The fourth-order valence-electron chi connectivity index (χ4n) is 3.27. The molecule has 1 aliphatic carbocycles. The predicted octanol–water partition coefficient (Wildman–Crippen LogP) is 2.57. The first kappa shape index (κ1) is 15.4. The van der Waals surface area contributed by atoms with Gasteiger partial charge in [-0.15, -0.1) is 0 Å². The molecule has 0 amide bonds. The molecule has 1 aliphatic rings. The van der Waals surface area contributed by atoms with Crippen LogP contribution in [0, 0.1) is 0 Å². The molecule has 0 atom stereocenters. The van der Waals surface area contributed by atoms with Crippen LogP contribution < -0.4 is 4.72 Å². The molecule has 5 nitrogen and oxygen atoms in total. The average molecular weight is 341 g/mol. The summed E-state index contributed by atoms with van der Waals surface area (Å²) < 4.78 is 27.6. The smallest absolute Gasteiger partial charge is 0.240 e. The lowest BCUT2D eigenvalue weighted by Crippen LogP contribution is -2.26. The van der Waals surface area contributed by atoms with Crippen molar-refractivity contribution in [2.45, 2.75) is 30.6 Å². The fraction of sp³-hybridized carbons (Fsp3) is 0.278. The van der Waals surface area contributed by atoms with Crippen LogP contribution in [-0.2, 0) is 29.3 Å². The Morgan fingerprint density at radius 3 is 2.88 bits per heavy atom. The fourth-order valence-corrected chi connectivity index (χ4v) is 4.35. The van der Waals surface area contributed by atoms with Gasteiger partial charge in [0, 0.05) is 6.54 Å². The lowest BCUT2D eigenvalue weighted by atomic mass is 10.1. The molecular formula is C18H19N3O2S. The standard InChI is InChI=1S/C18H19N3O2S/c22-24(23,16-6-5-14-2-1-3-15(14)11-16)21-9-8-13-4-7-17-18(10-13)20-12-19-17/h4-7,10-12,21H,1-3,8-9H2,(H,19,20). The summed E-state index contributed by atoms with van der Waals surface area (Å²) >= 11 is 0. The van der Waals surface area contributed by atoms with Crippen molar-refractivity contribution in [2.75, 3.05) is 6.54 Å². The second-order valence-corrected chi connectivity index (χ2v) is 7.95. The summed E-state index contributed by atoms with van der Waals surface area (Å²) in [4.78, 5) is 7.61. The molecule has 0 spiro atoms. The van der Waals surface area contributed by atoms with Crippen LogP contribution in [0.25, 0.3) is 11.0 Å². The number of H-pyrrole nitrogens is 1. The number of fused-ring (bicyclic) bond motifs is 2. The number of aromatic nitrogens is 2. The highest BCUT2D eigenvalue weighted by atomic mass is 32.2. The molecular weight excluding hydrogens is 322 g/mol. The van der Waals surface area contributed by atoms with Gasteiger partial charge in [-0.3, -0.25) is 0 Å². The van der Waals surface area contributed by atoms with Crippen LogP contribution in [0.3, 0.4) is 0 Å². The van der Waals surface area contributed by atoms with Crippen molar-refractivity contribution < 1.29 is 8.42 Å². The second-order valence-electron chi connectivity index (χ2n) is 6.19. The van der Waals surface area contributed by atoms with E-state index in [2.05, 4.69) is 14.7 Å². The van der Waals surface area contributed by atoms with Crippen LogP contribution in [-0.4, -0.2) is 24.9 Å². The minimum absolute atomic E-state index is 0.368. The molecule has 2 aromatic carbocycles. The minimum atomic E-state index is -3.45. The van der Waals surface area contributed by atoms with Crippen LogP contribution in [0.5, 0.6) is 0 Å². The van der Waals surface area contributed by atoms with Gasteiger partial charge in [-0.2, -0.15) is 0 Å². The van der Waals surface area contributed by atoms with E-state index in [-0.39, 0.29) is 0 Å². The van der Waals surface area contributed by atoms with Gasteiger partial charge in [-0.1, -0.05) is 12.1 Å². The number of aryl methyl sites for hydroxylation is 2. The van der Waals surface area contributed by atoms with E-state index in [9.17, 15) is 8.42 Å². The number of imidazole rings is 1. The second kappa shape index (κ2) is 6.03. The zero-order valence-electron chi connectivity index (χ0n) is 13.2. The third-order valence-corrected chi connectivity index (χ3v) is 6.03. The van der Waals surface area contributed by atoms with Crippen molar-refractivity contribution in [1.29, 1.82) is 0 Å². The summed E-state index contributed by atoms with van der Waals surface area (Å²) in [5.41, 5.74) is 5.40. The number of nitrogens with zero attached hydrogens (tertiary/aromatic N) is 1. The topological polar surface area (TPSA) is 74.8 Å². The van der Waals surface area contributed by atoms with Gasteiger partial charge in [0.05, 0.1) is 22.3 Å². The molecule has 1 heterocycles. The summed E-state index contributed by atoms with van der Waals surface area (Å²) in [7, 11) is -3.45. The number of benzene rings is 2. The van der Waals surface area contributed by atoms with E-state index < -0.39 is 10.0 Å². The molecule has 0 bridgehead atoms. The van der Waals surface area contributed by atoms with Gasteiger partial charge < -0.3 is 4.98 Å². The Labute approximate surface area is 141 Å². The van der Waals surface area contributed by atoms with Gasteiger partial charge in [-0.25, -0.2) is 18.1 Å². The van der Waals surface area contributed by atoms with E-state index in [0.29, 0.717) is 17.9 Å². The van der Waals surface area contributed by atoms with Crippen molar-refractivity contribution in [2.24, 2.45) is 0 Å². The largest absolute Gasteiger partial charge is 0.345 e. The first-order valence-corrected chi connectivity index (χ1v) is 9.64. The molecule has 0 unspecified atom stereocenters. The van der Waals surface area contributed by atoms with Crippen LogP contribution in [0.2, 0.25) is 0 Å². The Morgan fingerprint density at radius 2 is 1.96 bits per heavy atom. The molecule has 0 saturated carbocycles. The van der Waals surface area contributed by atoms with E-state index >= 15 is 0 Å². The summed E-state index contributed by atoms with van der Waals surface area (Å²) in [6.45, 7) is 0.374. The summed E-state index contributed by atoms with van der Waals surface area (Å²) in [6, 6.07) is 11.4. The molecule has 0 fully saturated rings. The molecule has 6 heteroatoms. The number of hydrogen-bond acceptors (Lipinski definition) is 3. The molecule has 0 saturated heterocycles. The van der Waals surface area contributed by atoms with E-state index in [4.69, 9.17) is 0 Å².